The van der Waals surface area contributed by atoms with Crippen molar-refractivity contribution in [3.63, 3.8) is 0 Å². The summed E-state index contributed by atoms with van der Waals surface area (Å²) in [4.78, 5) is 37.5. The van der Waals surface area contributed by atoms with E-state index in [1.807, 2.05) is 42.5 Å². The minimum Gasteiger partial charge on any atom is -0.463 e. The molecule has 0 aliphatic carbocycles. The normalized spacial score (nSPS) is 21.0. The lowest BCUT2D eigenvalue weighted by Gasteiger charge is -2.28. The highest BCUT2D eigenvalue weighted by Crippen LogP contribution is 2.16. The molecular formula is C25H36N2O5. The average Bonchev–Trinajstić information content (AvgIpc) is 2.75. The van der Waals surface area contributed by atoms with Gasteiger partial charge in [0, 0.05) is 12.8 Å². The lowest BCUT2D eigenvalue weighted by Crippen LogP contribution is -2.50. The van der Waals surface area contributed by atoms with E-state index in [2.05, 4.69) is 10.6 Å². The van der Waals surface area contributed by atoms with Crippen LogP contribution in [0.2, 0.25) is 0 Å². The summed E-state index contributed by atoms with van der Waals surface area (Å²) in [6.07, 6.45) is 7.69. The van der Waals surface area contributed by atoms with Gasteiger partial charge in [-0.15, -0.1) is 0 Å². The Hall–Kier alpha value is -2.67. The minimum absolute atomic E-state index is 0.0112. The molecule has 0 aromatic heterocycles. The molecule has 2 atom stereocenters. The monoisotopic (exact) mass is 444 g/mol. The Morgan fingerprint density at radius 2 is 1.97 bits per heavy atom. The molecule has 2 amide bonds. The fraction of sp³-hybridized carbons (Fsp3) is 0.560. The molecule has 176 valence electrons. The number of esters is 1. The Labute approximate surface area is 190 Å². The first-order chi connectivity index (χ1) is 15.3. The van der Waals surface area contributed by atoms with E-state index in [4.69, 9.17) is 4.74 Å². The number of nitrogens with one attached hydrogen (secondary N) is 2. The minimum atomic E-state index is -0.740. The fourth-order valence-electron chi connectivity index (χ4n) is 3.57. The molecule has 7 heteroatoms. The van der Waals surface area contributed by atoms with Crippen LogP contribution < -0.4 is 10.6 Å². The number of hydrogen-bond donors (Lipinski definition) is 3. The van der Waals surface area contributed by atoms with Crippen molar-refractivity contribution in [2.24, 2.45) is 5.92 Å². The van der Waals surface area contributed by atoms with E-state index in [-0.39, 0.29) is 37.4 Å². The van der Waals surface area contributed by atoms with Crippen LogP contribution in [0.5, 0.6) is 0 Å². The van der Waals surface area contributed by atoms with Gasteiger partial charge in [-0.1, -0.05) is 42.5 Å². The maximum Gasteiger partial charge on any atom is 0.305 e. The van der Waals surface area contributed by atoms with E-state index in [1.165, 1.54) is 0 Å². The zero-order valence-electron chi connectivity index (χ0n) is 19.1. The zero-order chi connectivity index (χ0) is 23.4. The first kappa shape index (κ1) is 25.6. The molecule has 1 aromatic carbocycles. The molecular weight excluding hydrogens is 408 g/mol. The summed E-state index contributed by atoms with van der Waals surface area (Å²) in [7, 11) is 0. The van der Waals surface area contributed by atoms with Gasteiger partial charge in [-0.25, -0.2) is 0 Å². The molecule has 7 nitrogen and oxygen atoms in total. The number of ether oxygens (including phenoxy) is 1. The van der Waals surface area contributed by atoms with Crippen molar-refractivity contribution in [1.29, 1.82) is 0 Å². The van der Waals surface area contributed by atoms with Gasteiger partial charge in [-0.3, -0.25) is 14.4 Å². The summed E-state index contributed by atoms with van der Waals surface area (Å²) in [6, 6.07) is 9.21. The van der Waals surface area contributed by atoms with Crippen LogP contribution in [0.25, 0.3) is 0 Å². The molecule has 3 N–H and O–H groups in total. The van der Waals surface area contributed by atoms with Gasteiger partial charge in [0.15, 0.2) is 0 Å². The molecule has 1 heterocycles. The lowest BCUT2D eigenvalue weighted by molar-refractivity contribution is -0.147. The second kappa shape index (κ2) is 13.0. The van der Waals surface area contributed by atoms with E-state index in [1.54, 1.807) is 13.8 Å². The van der Waals surface area contributed by atoms with Gasteiger partial charge in [0.25, 0.3) is 0 Å². The summed E-state index contributed by atoms with van der Waals surface area (Å²) < 4.78 is 5.31. The maximum atomic E-state index is 12.9. The van der Waals surface area contributed by atoms with Gasteiger partial charge in [0.05, 0.1) is 24.1 Å². The number of carbonyl (C=O) groups is 3. The SMILES string of the molecule is CC1(C)COC(=O)CCCCC=CCC(CC(=O)NC(CO)Cc2ccccc2)C(=O)N1. The zero-order valence-corrected chi connectivity index (χ0v) is 19.1. The van der Waals surface area contributed by atoms with Crippen LogP contribution in [-0.2, 0) is 25.5 Å². The summed E-state index contributed by atoms with van der Waals surface area (Å²) >= 11 is 0. The molecule has 0 bridgehead atoms. The number of amides is 2. The second-order valence-corrected chi connectivity index (χ2v) is 9.02. The highest BCUT2D eigenvalue weighted by atomic mass is 16.5. The van der Waals surface area contributed by atoms with Crippen LogP contribution in [0, 0.1) is 5.92 Å². The van der Waals surface area contributed by atoms with E-state index in [0.717, 1.165) is 24.8 Å². The van der Waals surface area contributed by atoms with Crippen LogP contribution in [0.1, 0.15) is 57.9 Å². The third kappa shape index (κ3) is 9.64. The van der Waals surface area contributed by atoms with Gasteiger partial charge >= 0.3 is 5.97 Å². The topological polar surface area (TPSA) is 105 Å². The van der Waals surface area contributed by atoms with Crippen molar-refractivity contribution in [3.05, 3.63) is 48.0 Å². The number of benzene rings is 1. The van der Waals surface area contributed by atoms with Crippen LogP contribution >= 0.6 is 0 Å². The quantitative estimate of drug-likeness (QED) is 0.462. The lowest BCUT2D eigenvalue weighted by atomic mass is 9.96. The molecule has 2 rings (SSSR count). The van der Waals surface area contributed by atoms with Crippen LogP contribution in [0.3, 0.4) is 0 Å². The summed E-state index contributed by atoms with van der Waals surface area (Å²) in [6.45, 7) is 3.48. The average molecular weight is 445 g/mol. The predicted octanol–water partition coefficient (Wildman–Crippen LogP) is 2.67. The maximum absolute atomic E-state index is 12.9. The largest absolute Gasteiger partial charge is 0.463 e. The molecule has 0 spiro atoms. The molecule has 2 unspecified atom stereocenters. The van der Waals surface area contributed by atoms with Crippen molar-refractivity contribution in [2.45, 2.75) is 70.4 Å². The second-order valence-electron chi connectivity index (χ2n) is 9.02. The Morgan fingerprint density at radius 3 is 2.69 bits per heavy atom. The number of carbonyl (C=O) groups excluding carboxylic acids is 3. The smallest absolute Gasteiger partial charge is 0.305 e. The third-order valence-electron chi connectivity index (χ3n) is 5.36. The number of cyclic esters (lactones) is 1. The van der Waals surface area contributed by atoms with Crippen molar-refractivity contribution < 1.29 is 24.2 Å². The Bertz CT molecular complexity index is 776. The van der Waals surface area contributed by atoms with Crippen LogP contribution in [0.4, 0.5) is 0 Å². The number of allylic oxidation sites excluding steroid dienone is 2. The molecule has 0 fully saturated rings. The molecule has 1 aliphatic heterocycles. The van der Waals surface area contributed by atoms with E-state index >= 15 is 0 Å². The van der Waals surface area contributed by atoms with Gasteiger partial charge < -0.3 is 20.5 Å². The van der Waals surface area contributed by atoms with Gasteiger partial charge in [0.2, 0.25) is 11.8 Å². The molecule has 0 radical (unpaired) electrons. The number of aliphatic hydroxyl groups excluding tert-OH is 1. The number of rotatable bonds is 6. The van der Waals surface area contributed by atoms with Gasteiger partial charge in [0.1, 0.15) is 6.61 Å². The van der Waals surface area contributed by atoms with E-state index < -0.39 is 17.5 Å². The standard InChI is InChI=1S/C25H36N2O5/c1-25(2)18-32-23(30)14-10-5-3-4-9-13-20(24(31)27-25)16-22(29)26-21(17-28)15-19-11-7-6-8-12-19/h4,6-9,11-12,20-21,28H,3,5,10,13-18H2,1-2H3,(H,26,29)(H,27,31). The molecule has 0 saturated carbocycles. The molecule has 32 heavy (non-hydrogen) atoms. The molecule has 1 aliphatic rings. The van der Waals surface area contributed by atoms with Crippen molar-refractivity contribution in [1.82, 2.24) is 10.6 Å². The first-order valence-electron chi connectivity index (χ1n) is 11.4. The van der Waals surface area contributed by atoms with Crippen molar-refractivity contribution in [3.8, 4) is 0 Å². The highest BCUT2D eigenvalue weighted by Gasteiger charge is 2.28. The Kier molecular flexibility index (Phi) is 10.4. The number of hydrogen-bond acceptors (Lipinski definition) is 5. The van der Waals surface area contributed by atoms with Crippen molar-refractivity contribution >= 4 is 17.8 Å². The summed E-state index contributed by atoms with van der Waals surface area (Å²) in [5.41, 5.74) is 0.276. The summed E-state index contributed by atoms with van der Waals surface area (Å²) in [5, 5.41) is 15.5. The predicted molar refractivity (Wildman–Crippen MR) is 123 cm³/mol. The summed E-state index contributed by atoms with van der Waals surface area (Å²) in [5.74, 6) is -1.36. The van der Waals surface area contributed by atoms with Crippen molar-refractivity contribution in [2.75, 3.05) is 13.2 Å². The van der Waals surface area contributed by atoms with E-state index in [0.29, 0.717) is 19.3 Å². The van der Waals surface area contributed by atoms with Gasteiger partial charge in [-0.05, 0) is 51.5 Å². The van der Waals surface area contributed by atoms with Crippen LogP contribution in [0.15, 0.2) is 42.5 Å². The highest BCUT2D eigenvalue weighted by molar-refractivity contribution is 5.86. The Balaban J connectivity index is 2.02. The first-order valence-corrected chi connectivity index (χ1v) is 11.4. The molecule has 1 aromatic rings. The molecule has 0 saturated heterocycles. The number of aliphatic hydroxyl groups is 1. The fourth-order valence-corrected chi connectivity index (χ4v) is 3.57. The third-order valence-corrected chi connectivity index (χ3v) is 5.36. The Morgan fingerprint density at radius 1 is 1.22 bits per heavy atom. The van der Waals surface area contributed by atoms with Gasteiger partial charge in [-0.2, -0.15) is 0 Å². The van der Waals surface area contributed by atoms with E-state index in [9.17, 15) is 19.5 Å². The van der Waals surface area contributed by atoms with Crippen LogP contribution in [-0.4, -0.2) is 47.7 Å².